The van der Waals surface area contributed by atoms with Crippen LogP contribution >= 0.6 is 0 Å². The van der Waals surface area contributed by atoms with Crippen molar-refractivity contribution in [3.63, 3.8) is 0 Å². The standard InChI is InChI=1S/C17H25FN2O3/c1-12-10-20(11-13(2)23-12)7-6-19(3)17(22)9-14-4-5-16(21)15(18)8-14/h4-5,8,12-13,21H,6-7,9-11H2,1-3H3/t12-,13+. The van der Waals surface area contributed by atoms with E-state index in [1.807, 2.05) is 0 Å². The van der Waals surface area contributed by atoms with Crippen LogP contribution in [-0.4, -0.2) is 66.2 Å². The average molecular weight is 324 g/mol. The van der Waals surface area contributed by atoms with Crippen LogP contribution in [0.4, 0.5) is 4.39 Å². The molecule has 1 aliphatic heterocycles. The molecule has 2 atom stereocenters. The molecule has 0 aliphatic carbocycles. The van der Waals surface area contributed by atoms with Crippen LogP contribution in [0.5, 0.6) is 5.75 Å². The Morgan fingerprint density at radius 2 is 2.04 bits per heavy atom. The fourth-order valence-electron chi connectivity index (χ4n) is 2.85. The summed E-state index contributed by atoms with van der Waals surface area (Å²) in [4.78, 5) is 16.2. The van der Waals surface area contributed by atoms with Crippen molar-refractivity contribution in [1.82, 2.24) is 9.80 Å². The van der Waals surface area contributed by atoms with Gasteiger partial charge in [-0.25, -0.2) is 4.39 Å². The van der Waals surface area contributed by atoms with E-state index in [0.717, 1.165) is 19.6 Å². The van der Waals surface area contributed by atoms with E-state index in [0.29, 0.717) is 12.1 Å². The number of carbonyl (C=O) groups is 1. The summed E-state index contributed by atoms with van der Waals surface area (Å²) in [5, 5.41) is 9.17. The number of ether oxygens (including phenoxy) is 1. The fraction of sp³-hybridized carbons (Fsp3) is 0.588. The zero-order valence-electron chi connectivity index (χ0n) is 14.0. The van der Waals surface area contributed by atoms with E-state index in [9.17, 15) is 14.3 Å². The van der Waals surface area contributed by atoms with Crippen molar-refractivity contribution >= 4 is 5.91 Å². The van der Waals surface area contributed by atoms with Gasteiger partial charge in [-0.05, 0) is 31.5 Å². The number of benzene rings is 1. The van der Waals surface area contributed by atoms with Gasteiger partial charge in [-0.2, -0.15) is 0 Å². The van der Waals surface area contributed by atoms with E-state index in [2.05, 4.69) is 18.7 Å². The summed E-state index contributed by atoms with van der Waals surface area (Å²) in [6.07, 6.45) is 0.545. The van der Waals surface area contributed by atoms with Gasteiger partial charge in [-0.15, -0.1) is 0 Å². The average Bonchev–Trinajstić information content (AvgIpc) is 2.47. The van der Waals surface area contributed by atoms with Crippen LogP contribution in [0.25, 0.3) is 0 Å². The van der Waals surface area contributed by atoms with E-state index in [1.54, 1.807) is 18.0 Å². The lowest BCUT2D eigenvalue weighted by atomic mass is 10.1. The van der Waals surface area contributed by atoms with E-state index < -0.39 is 11.6 Å². The van der Waals surface area contributed by atoms with E-state index in [4.69, 9.17) is 4.74 Å². The summed E-state index contributed by atoms with van der Waals surface area (Å²) < 4.78 is 19.0. The minimum atomic E-state index is -0.700. The minimum absolute atomic E-state index is 0.0653. The largest absolute Gasteiger partial charge is 0.505 e. The Balaban J connectivity index is 1.81. The molecule has 23 heavy (non-hydrogen) atoms. The predicted octanol–water partition coefficient (Wildman–Crippen LogP) is 1.64. The van der Waals surface area contributed by atoms with Crippen molar-refractivity contribution in [2.75, 3.05) is 33.2 Å². The van der Waals surface area contributed by atoms with Gasteiger partial charge in [-0.1, -0.05) is 6.07 Å². The Morgan fingerprint density at radius 1 is 1.39 bits per heavy atom. The molecule has 6 heteroatoms. The van der Waals surface area contributed by atoms with Crippen molar-refractivity contribution in [1.29, 1.82) is 0 Å². The SMILES string of the molecule is C[C@@H]1CN(CCN(C)C(=O)Cc2ccc(O)c(F)c2)C[C@H](C)O1. The van der Waals surface area contributed by atoms with Crippen molar-refractivity contribution in [2.24, 2.45) is 0 Å². The number of aromatic hydroxyl groups is 1. The van der Waals surface area contributed by atoms with E-state index in [1.165, 1.54) is 12.1 Å². The van der Waals surface area contributed by atoms with Crippen LogP contribution in [0.15, 0.2) is 18.2 Å². The van der Waals surface area contributed by atoms with Gasteiger partial charge >= 0.3 is 0 Å². The number of amides is 1. The summed E-state index contributed by atoms with van der Waals surface area (Å²) in [7, 11) is 1.76. The molecular weight excluding hydrogens is 299 g/mol. The molecule has 0 saturated carbocycles. The molecule has 1 aromatic rings. The first kappa shape index (κ1) is 17.7. The second-order valence-corrected chi connectivity index (χ2v) is 6.29. The normalized spacial score (nSPS) is 22.1. The maximum absolute atomic E-state index is 13.3. The number of halogens is 1. The van der Waals surface area contributed by atoms with Gasteiger partial charge in [0.1, 0.15) is 0 Å². The van der Waals surface area contributed by atoms with Gasteiger partial charge in [-0.3, -0.25) is 9.69 Å². The quantitative estimate of drug-likeness (QED) is 0.895. The van der Waals surface area contributed by atoms with Crippen LogP contribution in [0.2, 0.25) is 0 Å². The molecule has 0 spiro atoms. The van der Waals surface area contributed by atoms with Gasteiger partial charge in [0.2, 0.25) is 5.91 Å². The third kappa shape index (κ3) is 5.18. The fourth-order valence-corrected chi connectivity index (χ4v) is 2.85. The van der Waals surface area contributed by atoms with Crippen LogP contribution in [0.3, 0.4) is 0 Å². The highest BCUT2D eigenvalue weighted by atomic mass is 19.1. The zero-order valence-corrected chi connectivity index (χ0v) is 14.0. The lowest BCUT2D eigenvalue weighted by Crippen LogP contribution is -2.48. The molecule has 1 N–H and O–H groups in total. The third-order valence-corrected chi connectivity index (χ3v) is 4.04. The molecule has 1 aliphatic rings. The number of nitrogens with zero attached hydrogens (tertiary/aromatic N) is 2. The summed E-state index contributed by atoms with van der Waals surface area (Å²) in [5.41, 5.74) is 0.561. The highest BCUT2D eigenvalue weighted by molar-refractivity contribution is 5.78. The number of phenolic OH excluding ortho intramolecular Hbond substituents is 1. The molecule has 0 aromatic heterocycles. The molecule has 0 radical (unpaired) electrons. The van der Waals surface area contributed by atoms with Gasteiger partial charge in [0.05, 0.1) is 18.6 Å². The zero-order chi connectivity index (χ0) is 17.0. The van der Waals surface area contributed by atoms with E-state index >= 15 is 0 Å². The van der Waals surface area contributed by atoms with E-state index in [-0.39, 0.29) is 24.5 Å². The number of morpholine rings is 1. The molecular formula is C17H25FN2O3. The van der Waals surface area contributed by atoms with Crippen LogP contribution in [0, 0.1) is 5.82 Å². The number of carbonyl (C=O) groups excluding carboxylic acids is 1. The maximum Gasteiger partial charge on any atom is 0.226 e. The molecule has 5 nitrogen and oxygen atoms in total. The van der Waals surface area contributed by atoms with Gasteiger partial charge in [0, 0.05) is 33.2 Å². The van der Waals surface area contributed by atoms with Crippen molar-refractivity contribution in [3.05, 3.63) is 29.6 Å². The molecule has 0 bridgehead atoms. The summed E-state index contributed by atoms with van der Waals surface area (Å²) in [6.45, 7) is 7.27. The summed E-state index contributed by atoms with van der Waals surface area (Å²) in [5.74, 6) is -1.16. The van der Waals surface area contributed by atoms with Crippen molar-refractivity contribution < 1.29 is 19.0 Å². The Kier molecular flexibility index (Phi) is 5.96. The second kappa shape index (κ2) is 7.75. The second-order valence-electron chi connectivity index (χ2n) is 6.29. The number of hydrogen-bond donors (Lipinski definition) is 1. The number of rotatable bonds is 5. The number of likely N-dealkylation sites (N-methyl/N-ethyl adjacent to an activating group) is 1. The van der Waals surface area contributed by atoms with Gasteiger partial charge in [0.25, 0.3) is 0 Å². The molecule has 1 saturated heterocycles. The first-order valence-electron chi connectivity index (χ1n) is 7.94. The topological polar surface area (TPSA) is 53.0 Å². The molecule has 128 valence electrons. The lowest BCUT2D eigenvalue weighted by Gasteiger charge is -2.36. The summed E-state index contributed by atoms with van der Waals surface area (Å²) in [6, 6.07) is 4.04. The third-order valence-electron chi connectivity index (χ3n) is 4.04. The number of hydrogen-bond acceptors (Lipinski definition) is 4. The monoisotopic (exact) mass is 324 g/mol. The first-order chi connectivity index (χ1) is 10.8. The minimum Gasteiger partial charge on any atom is -0.505 e. The highest BCUT2D eigenvalue weighted by Gasteiger charge is 2.22. The van der Waals surface area contributed by atoms with Gasteiger partial charge < -0.3 is 14.7 Å². The van der Waals surface area contributed by atoms with Crippen molar-refractivity contribution in [2.45, 2.75) is 32.5 Å². The Labute approximate surface area is 136 Å². The molecule has 1 aromatic carbocycles. The van der Waals surface area contributed by atoms with Gasteiger partial charge in [0.15, 0.2) is 11.6 Å². The number of phenols is 1. The lowest BCUT2D eigenvalue weighted by molar-refractivity contribution is -0.129. The Hall–Kier alpha value is -1.66. The predicted molar refractivity (Wildman–Crippen MR) is 85.9 cm³/mol. The maximum atomic E-state index is 13.3. The smallest absolute Gasteiger partial charge is 0.226 e. The van der Waals surface area contributed by atoms with Crippen molar-refractivity contribution in [3.8, 4) is 5.75 Å². The molecule has 2 rings (SSSR count). The van der Waals surface area contributed by atoms with Crippen LogP contribution in [-0.2, 0) is 16.0 Å². The molecule has 1 heterocycles. The Bertz CT molecular complexity index is 543. The Morgan fingerprint density at radius 3 is 2.65 bits per heavy atom. The molecule has 1 amide bonds. The van der Waals surface area contributed by atoms with Crippen LogP contribution < -0.4 is 0 Å². The first-order valence-corrected chi connectivity index (χ1v) is 7.94. The van der Waals surface area contributed by atoms with Crippen LogP contribution in [0.1, 0.15) is 19.4 Å². The highest BCUT2D eigenvalue weighted by Crippen LogP contribution is 2.17. The summed E-state index contributed by atoms with van der Waals surface area (Å²) >= 11 is 0. The molecule has 0 unspecified atom stereocenters. The molecule has 1 fully saturated rings.